The fraction of sp³-hybridized carbons (Fsp3) is 0.700. The molecule has 1 aliphatic heterocycles. The van der Waals surface area contributed by atoms with Gasteiger partial charge in [0.2, 0.25) is 0 Å². The van der Waals surface area contributed by atoms with Crippen molar-refractivity contribution in [3.05, 3.63) is 16.0 Å². The van der Waals surface area contributed by atoms with Gasteiger partial charge in [-0.15, -0.1) is 11.3 Å². The molecule has 0 spiro atoms. The molecular weight excluding hydrogens is 378 g/mol. The van der Waals surface area contributed by atoms with Crippen LogP contribution in [0.1, 0.15) is 66.8 Å². The van der Waals surface area contributed by atoms with Crippen molar-refractivity contribution < 1.29 is 9.53 Å². The quantitative estimate of drug-likeness (QED) is 0.446. The maximum absolute atomic E-state index is 12.4. The van der Waals surface area contributed by atoms with Crippen LogP contribution in [0.3, 0.4) is 0 Å². The summed E-state index contributed by atoms with van der Waals surface area (Å²) in [7, 11) is 1.45. The molecule has 2 heterocycles. The minimum absolute atomic E-state index is 0.259. The molecule has 0 aromatic carbocycles. The van der Waals surface area contributed by atoms with E-state index in [1.807, 2.05) is 0 Å². The number of carbonyl (C=O) groups excluding carboxylic acids is 1. The average Bonchev–Trinajstić information content (AvgIpc) is 2.82. The first-order valence-electron chi connectivity index (χ1n) is 10.0. The highest BCUT2D eigenvalue weighted by atomic mass is 32.1. The molecule has 0 atom stereocenters. The third-order valence-corrected chi connectivity index (χ3v) is 7.06. The number of thiophene rings is 1. The Morgan fingerprint density at radius 3 is 2.59 bits per heavy atom. The van der Waals surface area contributed by atoms with E-state index in [4.69, 9.17) is 17.0 Å². The van der Waals surface area contributed by atoms with Gasteiger partial charge in [-0.2, -0.15) is 0 Å². The van der Waals surface area contributed by atoms with Crippen molar-refractivity contribution in [2.45, 2.75) is 70.9 Å². The average molecular weight is 410 g/mol. The highest BCUT2D eigenvalue weighted by molar-refractivity contribution is 7.80. The van der Waals surface area contributed by atoms with E-state index in [1.165, 1.54) is 30.4 Å². The smallest absolute Gasteiger partial charge is 0.341 e. The molecule has 0 unspecified atom stereocenters. The molecule has 2 N–H and O–H groups in total. The number of hydrogen-bond donors (Lipinski definition) is 2. The zero-order valence-electron chi connectivity index (χ0n) is 16.6. The number of anilines is 1. The second-order valence-electron chi connectivity index (χ2n) is 7.76. The van der Waals surface area contributed by atoms with Gasteiger partial charge in [0, 0.05) is 30.1 Å². The number of ether oxygens (including phenoxy) is 1. The van der Waals surface area contributed by atoms with E-state index in [0.717, 1.165) is 50.2 Å². The molecule has 7 heteroatoms. The standard InChI is InChI=1S/C20H31N3O2S2/c1-13(2)23-11-9-14(10-12-23)21-20(26)22-18-17(19(24)25-3)15-7-5-4-6-8-16(15)27-18/h13-14H,4-12H2,1-3H3,(H2,21,22,26). The summed E-state index contributed by atoms with van der Waals surface area (Å²) >= 11 is 7.23. The van der Waals surface area contributed by atoms with Gasteiger partial charge in [0.05, 0.1) is 12.7 Å². The molecule has 0 saturated carbocycles. The van der Waals surface area contributed by atoms with Crippen molar-refractivity contribution in [3.63, 3.8) is 0 Å². The molecule has 5 nitrogen and oxygen atoms in total. The Hall–Kier alpha value is -1.18. The molecule has 1 aromatic heterocycles. The Labute approximate surface area is 171 Å². The highest BCUT2D eigenvalue weighted by Crippen LogP contribution is 2.38. The van der Waals surface area contributed by atoms with Crippen molar-refractivity contribution in [3.8, 4) is 0 Å². The second kappa shape index (κ2) is 9.34. The summed E-state index contributed by atoms with van der Waals surface area (Å²) in [6, 6.07) is 0.986. The van der Waals surface area contributed by atoms with Crippen LogP contribution >= 0.6 is 23.6 Å². The summed E-state index contributed by atoms with van der Waals surface area (Å²) in [5.41, 5.74) is 1.86. The number of esters is 1. The number of fused-ring (bicyclic) bond motifs is 1. The maximum Gasteiger partial charge on any atom is 0.341 e. The first kappa shape index (κ1) is 20.6. The van der Waals surface area contributed by atoms with E-state index in [1.54, 1.807) is 11.3 Å². The SMILES string of the molecule is COC(=O)c1c(NC(=S)NC2CCN(C(C)C)CC2)sc2c1CCCCC2. The van der Waals surface area contributed by atoms with Gasteiger partial charge < -0.3 is 20.3 Å². The number of methoxy groups -OCH3 is 1. The molecule has 3 rings (SSSR count). The van der Waals surface area contributed by atoms with Crippen LogP contribution in [0.15, 0.2) is 0 Å². The minimum atomic E-state index is -0.259. The van der Waals surface area contributed by atoms with E-state index in [9.17, 15) is 4.79 Å². The summed E-state index contributed by atoms with van der Waals surface area (Å²) in [5.74, 6) is -0.259. The molecular formula is C20H31N3O2S2. The van der Waals surface area contributed by atoms with Crippen molar-refractivity contribution in [1.82, 2.24) is 10.2 Å². The zero-order valence-corrected chi connectivity index (χ0v) is 18.2. The van der Waals surface area contributed by atoms with Crippen LogP contribution in [0.4, 0.5) is 5.00 Å². The van der Waals surface area contributed by atoms with Gasteiger partial charge in [0.25, 0.3) is 0 Å². The molecule has 150 valence electrons. The number of aryl methyl sites for hydroxylation is 1. The number of likely N-dealkylation sites (tertiary alicyclic amines) is 1. The van der Waals surface area contributed by atoms with Crippen LogP contribution in [-0.2, 0) is 17.6 Å². The Kier molecular flexibility index (Phi) is 7.11. The van der Waals surface area contributed by atoms with Crippen LogP contribution in [0.5, 0.6) is 0 Å². The first-order chi connectivity index (χ1) is 13.0. The summed E-state index contributed by atoms with van der Waals surface area (Å²) in [4.78, 5) is 16.2. The number of nitrogens with zero attached hydrogens (tertiary/aromatic N) is 1. The predicted molar refractivity (Wildman–Crippen MR) is 116 cm³/mol. The van der Waals surface area contributed by atoms with Crippen LogP contribution in [0.25, 0.3) is 0 Å². The van der Waals surface area contributed by atoms with Crippen molar-refractivity contribution in [1.29, 1.82) is 0 Å². The van der Waals surface area contributed by atoms with Crippen molar-refractivity contribution in [2.24, 2.45) is 0 Å². The first-order valence-corrected chi connectivity index (χ1v) is 11.3. The number of carbonyl (C=O) groups is 1. The third kappa shape index (κ3) is 5.00. The number of hydrogen-bond acceptors (Lipinski definition) is 5. The molecule has 1 saturated heterocycles. The predicted octanol–water partition coefficient (Wildman–Crippen LogP) is 3.96. The molecule has 1 fully saturated rings. The molecule has 1 aliphatic carbocycles. The largest absolute Gasteiger partial charge is 0.465 e. The van der Waals surface area contributed by atoms with Crippen molar-refractivity contribution in [2.75, 3.05) is 25.5 Å². The number of thiocarbonyl (C=S) groups is 1. The molecule has 0 bridgehead atoms. The summed E-state index contributed by atoms with van der Waals surface area (Å²) in [6.45, 7) is 6.68. The minimum Gasteiger partial charge on any atom is -0.465 e. The van der Waals surface area contributed by atoms with Gasteiger partial charge >= 0.3 is 5.97 Å². The lowest BCUT2D eigenvalue weighted by molar-refractivity contribution is 0.0601. The zero-order chi connectivity index (χ0) is 19.4. The van der Waals surface area contributed by atoms with Gasteiger partial charge in [0.15, 0.2) is 5.11 Å². The Morgan fingerprint density at radius 2 is 1.93 bits per heavy atom. The maximum atomic E-state index is 12.4. The van der Waals surface area contributed by atoms with E-state index >= 15 is 0 Å². The fourth-order valence-electron chi connectivity index (χ4n) is 4.03. The van der Waals surface area contributed by atoms with Gasteiger partial charge in [-0.25, -0.2) is 4.79 Å². The van der Waals surface area contributed by atoms with Gasteiger partial charge in [-0.1, -0.05) is 6.42 Å². The number of piperidine rings is 1. The lowest BCUT2D eigenvalue weighted by Gasteiger charge is -2.35. The summed E-state index contributed by atoms with van der Waals surface area (Å²) in [5, 5.41) is 8.21. The second-order valence-corrected chi connectivity index (χ2v) is 9.28. The molecule has 1 aromatic rings. The number of rotatable bonds is 4. The molecule has 0 radical (unpaired) electrons. The molecule has 0 amide bonds. The Bertz CT molecular complexity index is 679. The normalized spacial score (nSPS) is 18.7. The van der Waals surface area contributed by atoms with Crippen LogP contribution in [0.2, 0.25) is 0 Å². The molecule has 2 aliphatic rings. The van der Waals surface area contributed by atoms with Gasteiger partial charge in [-0.05, 0) is 70.2 Å². The van der Waals surface area contributed by atoms with Crippen LogP contribution in [-0.4, -0.2) is 48.3 Å². The van der Waals surface area contributed by atoms with Gasteiger partial charge in [0.1, 0.15) is 5.00 Å². The fourth-order valence-corrected chi connectivity index (χ4v) is 5.65. The van der Waals surface area contributed by atoms with E-state index in [2.05, 4.69) is 29.4 Å². The Morgan fingerprint density at radius 1 is 1.22 bits per heavy atom. The Balaban J connectivity index is 1.66. The van der Waals surface area contributed by atoms with Gasteiger partial charge in [-0.3, -0.25) is 0 Å². The third-order valence-electron chi connectivity index (χ3n) is 5.63. The highest BCUT2D eigenvalue weighted by Gasteiger charge is 2.26. The number of nitrogens with one attached hydrogen (secondary N) is 2. The summed E-state index contributed by atoms with van der Waals surface area (Å²) in [6.07, 6.45) is 7.70. The van der Waals surface area contributed by atoms with E-state index < -0.39 is 0 Å². The molecule has 27 heavy (non-hydrogen) atoms. The lowest BCUT2D eigenvalue weighted by atomic mass is 10.0. The van der Waals surface area contributed by atoms with Crippen molar-refractivity contribution >= 4 is 39.6 Å². The van der Waals surface area contributed by atoms with E-state index in [-0.39, 0.29) is 5.97 Å². The monoisotopic (exact) mass is 409 g/mol. The lowest BCUT2D eigenvalue weighted by Crippen LogP contribution is -2.47. The van der Waals surface area contributed by atoms with Crippen LogP contribution in [0, 0.1) is 0 Å². The van der Waals surface area contributed by atoms with Crippen LogP contribution < -0.4 is 10.6 Å². The topological polar surface area (TPSA) is 53.6 Å². The summed E-state index contributed by atoms with van der Waals surface area (Å²) < 4.78 is 5.07. The van der Waals surface area contributed by atoms with E-state index in [0.29, 0.717) is 22.8 Å².